The first-order chi connectivity index (χ1) is 5.63. The molecule has 0 amide bonds. The summed E-state index contributed by atoms with van der Waals surface area (Å²) in [6.45, 7) is 0.683. The molecule has 0 atom stereocenters. The van der Waals surface area contributed by atoms with E-state index in [1.807, 2.05) is 0 Å². The molecule has 0 spiro atoms. The van der Waals surface area contributed by atoms with E-state index in [2.05, 4.69) is 10.6 Å². The number of rotatable bonds is 7. The van der Waals surface area contributed by atoms with Gasteiger partial charge in [-0.25, -0.2) is 0 Å². The topological polar surface area (TPSA) is 98.7 Å². The van der Waals surface area contributed by atoms with E-state index in [4.69, 9.17) is 10.2 Å². The third-order valence-corrected chi connectivity index (χ3v) is 1.03. The first-order valence-corrected chi connectivity index (χ1v) is 3.48. The number of carboxylic acids is 2. The van der Waals surface area contributed by atoms with Gasteiger partial charge in [0.05, 0.1) is 13.1 Å². The molecule has 0 unspecified atom stereocenters. The summed E-state index contributed by atoms with van der Waals surface area (Å²) in [5.74, 6) is -1.85. The molecule has 0 saturated heterocycles. The molecule has 0 aliphatic heterocycles. The van der Waals surface area contributed by atoms with E-state index in [0.717, 1.165) is 0 Å². The van der Waals surface area contributed by atoms with Crippen molar-refractivity contribution in [3.63, 3.8) is 0 Å². The van der Waals surface area contributed by atoms with Crippen LogP contribution in [-0.2, 0) is 9.59 Å². The van der Waals surface area contributed by atoms with Gasteiger partial charge >= 0.3 is 71.1 Å². The zero-order chi connectivity index (χ0) is 9.40. The Morgan fingerprint density at radius 2 is 1.14 bits per heavy atom. The summed E-state index contributed by atoms with van der Waals surface area (Å²) >= 11 is 0. The van der Waals surface area contributed by atoms with Gasteiger partial charge in [-0.1, -0.05) is 0 Å². The molecule has 0 fully saturated rings. The van der Waals surface area contributed by atoms with Crippen LogP contribution >= 0.6 is 0 Å². The van der Waals surface area contributed by atoms with E-state index in [9.17, 15) is 9.59 Å². The second kappa shape index (κ2) is 13.9. The molecular weight excluding hydrogens is 210 g/mol. The van der Waals surface area contributed by atoms with Crippen LogP contribution in [0.2, 0.25) is 0 Å². The second-order valence-electron chi connectivity index (χ2n) is 2.14. The summed E-state index contributed by atoms with van der Waals surface area (Å²) in [5, 5.41) is 21.6. The minimum atomic E-state index is -0.923. The Morgan fingerprint density at radius 3 is 1.36 bits per heavy atom. The van der Waals surface area contributed by atoms with E-state index in [-0.39, 0.29) is 72.2 Å². The third-order valence-electron chi connectivity index (χ3n) is 1.03. The molecule has 0 radical (unpaired) electrons. The fourth-order valence-electron chi connectivity index (χ4n) is 0.567. The average Bonchev–Trinajstić information content (AvgIpc) is 1.95. The van der Waals surface area contributed by atoms with Gasteiger partial charge < -0.3 is 20.8 Å². The van der Waals surface area contributed by atoms with Gasteiger partial charge in [-0.15, -0.1) is 0 Å². The van der Waals surface area contributed by atoms with E-state index >= 15 is 0 Å². The van der Waals surface area contributed by atoms with E-state index in [1.165, 1.54) is 0 Å². The van der Waals surface area contributed by atoms with Gasteiger partial charge in [0.1, 0.15) is 0 Å². The summed E-state index contributed by atoms with van der Waals surface area (Å²) in [4.78, 5) is 19.9. The molecule has 74 valence electrons. The summed E-state index contributed by atoms with van der Waals surface area (Å²) in [7, 11) is 0. The van der Waals surface area contributed by atoms with Crippen LogP contribution in [0.5, 0.6) is 0 Å². The van der Waals surface area contributed by atoms with Crippen LogP contribution < -0.4 is 10.6 Å². The summed E-state index contributed by atoms with van der Waals surface area (Å²) in [5.41, 5.74) is 0. The van der Waals surface area contributed by atoms with Crippen molar-refractivity contribution in [1.82, 2.24) is 10.6 Å². The Hall–Kier alpha value is 0.860. The number of aliphatic carboxylic acids is 2. The monoisotopic (exact) mass is 224 g/mol. The molecule has 0 aromatic carbocycles. The van der Waals surface area contributed by atoms with Gasteiger partial charge in [-0.05, 0) is 0 Å². The molecule has 0 aromatic rings. The molecule has 0 aliphatic carbocycles. The minimum absolute atomic E-state index is 0. The van der Waals surface area contributed by atoms with Crippen molar-refractivity contribution in [2.45, 2.75) is 0 Å². The van der Waals surface area contributed by atoms with Crippen LogP contribution in [0, 0.1) is 0 Å². The van der Waals surface area contributed by atoms with E-state index < -0.39 is 11.9 Å². The van der Waals surface area contributed by atoms with Crippen LogP contribution in [0.1, 0.15) is 0 Å². The molecular formula is C6H14N2Na2O4. The van der Waals surface area contributed by atoms with E-state index in [0.29, 0.717) is 13.1 Å². The van der Waals surface area contributed by atoms with Crippen molar-refractivity contribution < 1.29 is 19.8 Å². The summed E-state index contributed by atoms with van der Waals surface area (Å²) in [6, 6.07) is 0. The predicted molar refractivity (Wildman–Crippen MR) is 55.3 cm³/mol. The van der Waals surface area contributed by atoms with Crippen molar-refractivity contribution in [2.24, 2.45) is 0 Å². The number of carbonyl (C=O) groups is 2. The Morgan fingerprint density at radius 1 is 0.857 bits per heavy atom. The zero-order valence-electron chi connectivity index (χ0n) is 6.54. The van der Waals surface area contributed by atoms with Crippen LogP contribution in [-0.4, -0.2) is 107 Å². The molecule has 0 saturated carbocycles. The normalized spacial score (nSPS) is 8.29. The summed E-state index contributed by atoms with van der Waals surface area (Å²) in [6.07, 6.45) is 0. The van der Waals surface area contributed by atoms with Crippen molar-refractivity contribution in [1.29, 1.82) is 0 Å². The van der Waals surface area contributed by atoms with Crippen molar-refractivity contribution in [3.05, 3.63) is 0 Å². The van der Waals surface area contributed by atoms with Gasteiger partial charge in [0.2, 0.25) is 0 Å². The maximum atomic E-state index is 9.96. The second-order valence-corrected chi connectivity index (χ2v) is 2.14. The fourth-order valence-corrected chi connectivity index (χ4v) is 0.567. The molecule has 0 rings (SSSR count). The standard InChI is InChI=1S/C6H12N2O4.2Na.2H/c9-5(10)3-7-1-2-8-4-6(11)12;;;;/h7-8H,1-4H2,(H,9,10)(H,11,12);;;;. The summed E-state index contributed by atoms with van der Waals surface area (Å²) < 4.78 is 0. The first kappa shape index (κ1) is 20.3. The SMILES string of the molecule is O=C(O)CNCCNCC(=O)O.[NaH].[NaH]. The third kappa shape index (κ3) is 18.6. The number of nitrogens with one attached hydrogen (secondary N) is 2. The molecule has 0 heterocycles. The molecule has 14 heavy (non-hydrogen) atoms. The van der Waals surface area contributed by atoms with Crippen LogP contribution in [0.15, 0.2) is 0 Å². The van der Waals surface area contributed by atoms with Gasteiger partial charge in [-0.2, -0.15) is 0 Å². The Labute approximate surface area is 126 Å². The number of carboxylic acid groups (broad SMARTS) is 2. The molecule has 8 heteroatoms. The molecule has 4 N–H and O–H groups in total. The first-order valence-electron chi connectivity index (χ1n) is 3.48. The van der Waals surface area contributed by atoms with Gasteiger partial charge in [0.25, 0.3) is 0 Å². The van der Waals surface area contributed by atoms with Crippen LogP contribution in [0.3, 0.4) is 0 Å². The van der Waals surface area contributed by atoms with E-state index in [1.54, 1.807) is 0 Å². The van der Waals surface area contributed by atoms with Crippen LogP contribution in [0.25, 0.3) is 0 Å². The Kier molecular flexibility index (Phi) is 20.1. The zero-order valence-corrected chi connectivity index (χ0v) is 6.54. The van der Waals surface area contributed by atoms with Gasteiger partial charge in [-0.3, -0.25) is 9.59 Å². The van der Waals surface area contributed by atoms with Crippen molar-refractivity contribution in [3.8, 4) is 0 Å². The quantitative estimate of drug-likeness (QED) is 0.272. The molecule has 0 aliphatic rings. The predicted octanol–water partition coefficient (Wildman–Crippen LogP) is -2.96. The fraction of sp³-hybridized carbons (Fsp3) is 0.667. The molecule has 0 bridgehead atoms. The maximum absolute atomic E-state index is 9.96. The van der Waals surface area contributed by atoms with Crippen molar-refractivity contribution in [2.75, 3.05) is 26.2 Å². The van der Waals surface area contributed by atoms with Crippen molar-refractivity contribution >= 4 is 71.1 Å². The van der Waals surface area contributed by atoms with Gasteiger partial charge in [0, 0.05) is 13.1 Å². The molecule has 0 aromatic heterocycles. The Balaban J connectivity index is -0.000000605. The molecule has 6 nitrogen and oxygen atoms in total. The number of hydrogen-bond acceptors (Lipinski definition) is 4. The average molecular weight is 224 g/mol. The van der Waals surface area contributed by atoms with Gasteiger partial charge in [0.15, 0.2) is 0 Å². The number of hydrogen-bond donors (Lipinski definition) is 4. The Bertz CT molecular complexity index is 150. The van der Waals surface area contributed by atoms with Crippen LogP contribution in [0.4, 0.5) is 0 Å².